The van der Waals surface area contributed by atoms with E-state index in [9.17, 15) is 4.79 Å². The lowest BCUT2D eigenvalue weighted by Gasteiger charge is -2.29. The summed E-state index contributed by atoms with van der Waals surface area (Å²) < 4.78 is 12.1. The van der Waals surface area contributed by atoms with Gasteiger partial charge in [0.05, 0.1) is 25.8 Å². The van der Waals surface area contributed by atoms with Gasteiger partial charge in [-0.25, -0.2) is 9.78 Å². The first kappa shape index (κ1) is 17.7. The summed E-state index contributed by atoms with van der Waals surface area (Å²) >= 11 is 0. The number of aromatic nitrogens is 2. The number of ether oxygens (including phenoxy) is 2. The maximum absolute atomic E-state index is 10.8. The molecule has 0 amide bonds. The Bertz CT molecular complexity index is 673. The first-order valence-electron chi connectivity index (χ1n) is 7.52. The SMILES string of the molecule is COc1ccc(OCC(c2nccn2OC(=O)O)C(C)(C)C)cc1. The van der Waals surface area contributed by atoms with Gasteiger partial charge in [-0.3, -0.25) is 0 Å². The second kappa shape index (κ2) is 7.25. The smallest absolute Gasteiger partial charge is 0.497 e. The molecule has 0 spiro atoms. The molecule has 1 aromatic heterocycles. The highest BCUT2D eigenvalue weighted by atomic mass is 16.8. The third kappa shape index (κ3) is 4.41. The number of imidazole rings is 1. The van der Waals surface area contributed by atoms with Crippen LogP contribution in [0.3, 0.4) is 0 Å². The minimum atomic E-state index is -1.39. The van der Waals surface area contributed by atoms with Crippen molar-refractivity contribution in [2.45, 2.75) is 26.7 Å². The van der Waals surface area contributed by atoms with Gasteiger partial charge in [-0.2, -0.15) is 4.73 Å². The van der Waals surface area contributed by atoms with Crippen molar-refractivity contribution in [3.8, 4) is 11.5 Å². The second-order valence-electron chi connectivity index (χ2n) is 6.37. The fraction of sp³-hybridized carbons (Fsp3) is 0.412. The number of carboxylic acid groups (broad SMARTS) is 1. The molecule has 0 saturated heterocycles. The fourth-order valence-electron chi connectivity index (χ4n) is 2.27. The number of hydrogen-bond donors (Lipinski definition) is 1. The molecule has 2 rings (SSSR count). The van der Waals surface area contributed by atoms with Crippen molar-refractivity contribution >= 4 is 6.16 Å². The molecule has 0 radical (unpaired) electrons. The molecule has 0 fully saturated rings. The van der Waals surface area contributed by atoms with Crippen LogP contribution >= 0.6 is 0 Å². The molecular formula is C17H22N2O5. The van der Waals surface area contributed by atoms with Crippen molar-refractivity contribution in [3.05, 3.63) is 42.5 Å². The summed E-state index contributed by atoms with van der Waals surface area (Å²) in [5.74, 6) is 1.77. The number of hydrogen-bond acceptors (Lipinski definition) is 5. The van der Waals surface area contributed by atoms with E-state index in [1.54, 1.807) is 7.11 Å². The van der Waals surface area contributed by atoms with Crippen LogP contribution in [0.1, 0.15) is 32.5 Å². The van der Waals surface area contributed by atoms with Crippen LogP contribution in [0.5, 0.6) is 11.5 Å². The summed E-state index contributed by atoms with van der Waals surface area (Å²) in [7, 11) is 1.60. The Morgan fingerprint density at radius 1 is 1.25 bits per heavy atom. The predicted molar refractivity (Wildman–Crippen MR) is 87.5 cm³/mol. The molecule has 1 unspecified atom stereocenters. The average Bonchev–Trinajstić information content (AvgIpc) is 2.94. The van der Waals surface area contributed by atoms with E-state index in [-0.39, 0.29) is 11.3 Å². The Kier molecular flexibility index (Phi) is 5.33. The maximum atomic E-state index is 10.8. The molecule has 24 heavy (non-hydrogen) atoms. The predicted octanol–water partition coefficient (Wildman–Crippen LogP) is 3.21. The van der Waals surface area contributed by atoms with Crippen LogP contribution in [-0.2, 0) is 0 Å². The zero-order chi connectivity index (χ0) is 17.7. The van der Waals surface area contributed by atoms with E-state index in [4.69, 9.17) is 19.4 Å². The Morgan fingerprint density at radius 2 is 1.88 bits per heavy atom. The van der Waals surface area contributed by atoms with Gasteiger partial charge in [-0.15, -0.1) is 0 Å². The molecule has 0 bridgehead atoms. The second-order valence-corrected chi connectivity index (χ2v) is 6.37. The highest BCUT2D eigenvalue weighted by Gasteiger charge is 2.31. The van der Waals surface area contributed by atoms with Crippen molar-refractivity contribution in [1.29, 1.82) is 0 Å². The van der Waals surface area contributed by atoms with Crippen LogP contribution in [0, 0.1) is 5.41 Å². The molecule has 1 heterocycles. The zero-order valence-electron chi connectivity index (χ0n) is 14.2. The summed E-state index contributed by atoms with van der Waals surface area (Å²) in [6.07, 6.45) is 1.58. The zero-order valence-corrected chi connectivity index (χ0v) is 14.2. The highest BCUT2D eigenvalue weighted by molar-refractivity contribution is 5.57. The molecule has 0 aliphatic heterocycles. The Balaban J connectivity index is 2.17. The summed E-state index contributed by atoms with van der Waals surface area (Å²) in [5.41, 5.74) is -0.211. The summed E-state index contributed by atoms with van der Waals surface area (Å²) in [6.45, 7) is 6.44. The molecular weight excluding hydrogens is 312 g/mol. The van der Waals surface area contributed by atoms with Gasteiger partial charge < -0.3 is 19.4 Å². The van der Waals surface area contributed by atoms with E-state index < -0.39 is 6.16 Å². The summed E-state index contributed by atoms with van der Waals surface area (Å²) in [6, 6.07) is 7.27. The van der Waals surface area contributed by atoms with Gasteiger partial charge in [0.1, 0.15) is 11.5 Å². The van der Waals surface area contributed by atoms with E-state index in [1.807, 2.05) is 45.0 Å². The normalized spacial score (nSPS) is 12.5. The quantitative estimate of drug-likeness (QED) is 0.873. The van der Waals surface area contributed by atoms with E-state index in [0.29, 0.717) is 18.2 Å². The van der Waals surface area contributed by atoms with Crippen LogP contribution in [0.25, 0.3) is 0 Å². The van der Waals surface area contributed by atoms with E-state index in [0.717, 1.165) is 10.5 Å². The van der Waals surface area contributed by atoms with E-state index >= 15 is 0 Å². The highest BCUT2D eigenvalue weighted by Crippen LogP contribution is 2.34. The molecule has 130 valence electrons. The largest absolute Gasteiger partial charge is 0.531 e. The first-order valence-corrected chi connectivity index (χ1v) is 7.52. The number of nitrogens with zero attached hydrogens (tertiary/aromatic N) is 2. The van der Waals surface area contributed by atoms with Crippen LogP contribution in [0.2, 0.25) is 0 Å². The molecule has 0 aliphatic carbocycles. The standard InChI is InChI=1S/C17H22N2O5/c1-17(2,3)14(15-18-9-10-19(15)24-16(20)21)11-23-13-7-5-12(22-4)6-8-13/h5-10,14H,11H2,1-4H3,(H,20,21). The molecule has 1 atom stereocenters. The molecule has 7 heteroatoms. The molecule has 7 nitrogen and oxygen atoms in total. The summed E-state index contributed by atoms with van der Waals surface area (Å²) in [4.78, 5) is 19.8. The van der Waals surface area contributed by atoms with Gasteiger partial charge in [-0.05, 0) is 29.7 Å². The van der Waals surface area contributed by atoms with Gasteiger partial charge in [0.2, 0.25) is 0 Å². The lowest BCUT2D eigenvalue weighted by atomic mass is 9.80. The summed E-state index contributed by atoms with van der Waals surface area (Å²) in [5, 5.41) is 8.84. The van der Waals surface area contributed by atoms with E-state index in [2.05, 4.69) is 4.98 Å². The minimum absolute atomic E-state index is 0.172. The molecule has 1 N–H and O–H groups in total. The van der Waals surface area contributed by atoms with Gasteiger partial charge in [0.15, 0.2) is 5.82 Å². The topological polar surface area (TPSA) is 82.8 Å². The van der Waals surface area contributed by atoms with Gasteiger partial charge >= 0.3 is 6.16 Å². The third-order valence-electron chi connectivity index (χ3n) is 3.64. The lowest BCUT2D eigenvalue weighted by Crippen LogP contribution is -2.30. The molecule has 2 aromatic rings. The monoisotopic (exact) mass is 334 g/mol. The van der Waals surface area contributed by atoms with Crippen LogP contribution in [0.15, 0.2) is 36.7 Å². The van der Waals surface area contributed by atoms with Crippen molar-refractivity contribution in [2.75, 3.05) is 13.7 Å². The third-order valence-corrected chi connectivity index (χ3v) is 3.64. The van der Waals surface area contributed by atoms with Crippen molar-refractivity contribution < 1.29 is 24.2 Å². The van der Waals surface area contributed by atoms with Crippen LogP contribution in [-0.4, -0.2) is 34.7 Å². The number of benzene rings is 1. The van der Waals surface area contributed by atoms with Crippen molar-refractivity contribution in [2.24, 2.45) is 5.41 Å². The van der Waals surface area contributed by atoms with Gasteiger partial charge in [-0.1, -0.05) is 20.8 Å². The number of methoxy groups -OCH3 is 1. The van der Waals surface area contributed by atoms with Crippen LogP contribution < -0.4 is 14.3 Å². The van der Waals surface area contributed by atoms with Crippen molar-refractivity contribution in [1.82, 2.24) is 9.71 Å². The minimum Gasteiger partial charge on any atom is -0.497 e. The van der Waals surface area contributed by atoms with Crippen LogP contribution in [0.4, 0.5) is 4.79 Å². The molecule has 0 aliphatic rings. The Labute approximate surface area is 140 Å². The molecule has 1 aromatic carbocycles. The Morgan fingerprint density at radius 3 is 2.42 bits per heavy atom. The number of carbonyl (C=O) groups is 1. The maximum Gasteiger partial charge on any atom is 0.531 e. The van der Waals surface area contributed by atoms with E-state index in [1.165, 1.54) is 12.4 Å². The molecule has 0 saturated carbocycles. The lowest BCUT2D eigenvalue weighted by molar-refractivity contribution is 0.0708. The van der Waals surface area contributed by atoms with Gasteiger partial charge in [0.25, 0.3) is 0 Å². The number of rotatable bonds is 6. The average molecular weight is 334 g/mol. The fourth-order valence-corrected chi connectivity index (χ4v) is 2.27. The van der Waals surface area contributed by atoms with Gasteiger partial charge in [0, 0.05) is 6.20 Å². The Hall–Kier alpha value is -2.70. The van der Waals surface area contributed by atoms with Crippen molar-refractivity contribution in [3.63, 3.8) is 0 Å². The first-order chi connectivity index (χ1) is 11.3.